The Balaban J connectivity index is 1.21. The third-order valence-corrected chi connectivity index (χ3v) is 8.30. The molecule has 4 aromatic rings. The molecule has 51 heavy (non-hydrogen) atoms. The molecular formula is C36H45F3N8O4. The van der Waals surface area contributed by atoms with Crippen LogP contribution in [0.3, 0.4) is 0 Å². The Hall–Kier alpha value is -4.89. The smallest absolute Gasteiger partial charge is 0.416 e. The van der Waals surface area contributed by atoms with Crippen molar-refractivity contribution in [3.63, 3.8) is 0 Å². The van der Waals surface area contributed by atoms with Gasteiger partial charge in [0.05, 0.1) is 16.6 Å². The Bertz CT molecular complexity index is 1830. The van der Waals surface area contributed by atoms with E-state index >= 15 is 0 Å². The van der Waals surface area contributed by atoms with Gasteiger partial charge in [0, 0.05) is 69.7 Å². The summed E-state index contributed by atoms with van der Waals surface area (Å²) < 4.78 is 55.2. The Labute approximate surface area is 295 Å². The van der Waals surface area contributed by atoms with E-state index < -0.39 is 17.3 Å². The van der Waals surface area contributed by atoms with E-state index in [0.29, 0.717) is 73.3 Å². The molecule has 0 spiro atoms. The maximum Gasteiger partial charge on any atom is 0.416 e. The molecule has 2 amide bonds. The highest BCUT2D eigenvalue weighted by atomic mass is 19.4. The lowest BCUT2D eigenvalue weighted by Crippen LogP contribution is -2.43. The van der Waals surface area contributed by atoms with Gasteiger partial charge in [0.15, 0.2) is 0 Å². The van der Waals surface area contributed by atoms with Gasteiger partial charge < -0.3 is 40.2 Å². The van der Waals surface area contributed by atoms with Gasteiger partial charge in [-0.25, -0.2) is 14.8 Å². The molecule has 1 saturated heterocycles. The molecule has 4 N–H and O–H groups in total. The van der Waals surface area contributed by atoms with Crippen LogP contribution in [0.5, 0.6) is 11.5 Å². The minimum atomic E-state index is -4.52. The van der Waals surface area contributed by atoms with Gasteiger partial charge in [0.1, 0.15) is 22.9 Å². The number of hydrogen-bond acceptors (Lipinski definition) is 9. The summed E-state index contributed by atoms with van der Waals surface area (Å²) in [5.41, 5.74) is 0.426. The van der Waals surface area contributed by atoms with Crippen LogP contribution >= 0.6 is 0 Å². The molecule has 1 aliphatic heterocycles. The lowest BCUT2D eigenvalue weighted by molar-refractivity contribution is -0.138. The van der Waals surface area contributed by atoms with Crippen molar-refractivity contribution < 1.29 is 32.2 Å². The number of fused-ring (bicyclic) bond motifs is 1. The van der Waals surface area contributed by atoms with Gasteiger partial charge in [0.2, 0.25) is 11.9 Å². The third kappa shape index (κ3) is 10.1. The quantitative estimate of drug-likeness (QED) is 0.117. The monoisotopic (exact) mass is 710 g/mol. The summed E-state index contributed by atoms with van der Waals surface area (Å²) in [4.78, 5) is 35.8. The Morgan fingerprint density at radius 1 is 0.961 bits per heavy atom. The van der Waals surface area contributed by atoms with Crippen LogP contribution in [0.4, 0.5) is 35.4 Å². The zero-order valence-electron chi connectivity index (χ0n) is 29.5. The molecule has 1 aliphatic rings. The van der Waals surface area contributed by atoms with E-state index in [1.54, 1.807) is 52.9 Å². The summed E-state index contributed by atoms with van der Waals surface area (Å²) in [6, 6.07) is 12.7. The summed E-state index contributed by atoms with van der Waals surface area (Å²) in [7, 11) is 1.76. The number of likely N-dealkylation sites (tertiary alicyclic amines) is 1. The maximum atomic E-state index is 14.0. The van der Waals surface area contributed by atoms with Crippen LogP contribution in [0.25, 0.3) is 11.0 Å². The molecule has 2 aromatic carbocycles. The van der Waals surface area contributed by atoms with Crippen molar-refractivity contribution >= 4 is 40.5 Å². The lowest BCUT2D eigenvalue weighted by atomic mass is 9.96. The molecule has 1 fully saturated rings. The molecular weight excluding hydrogens is 665 g/mol. The number of hydrogen-bond donors (Lipinski definition) is 4. The number of rotatable bonds is 12. The second-order valence-corrected chi connectivity index (χ2v) is 13.4. The first-order valence-corrected chi connectivity index (χ1v) is 17.0. The molecule has 0 atom stereocenters. The van der Waals surface area contributed by atoms with E-state index in [1.165, 1.54) is 12.3 Å². The van der Waals surface area contributed by atoms with Crippen molar-refractivity contribution in [2.24, 2.45) is 13.0 Å². The Morgan fingerprint density at radius 3 is 2.39 bits per heavy atom. The average Bonchev–Trinajstić information content (AvgIpc) is 3.38. The van der Waals surface area contributed by atoms with Crippen molar-refractivity contribution in [2.45, 2.75) is 58.9 Å². The van der Waals surface area contributed by atoms with Crippen molar-refractivity contribution in [2.75, 3.05) is 43.4 Å². The number of aryl methyl sites for hydroxylation is 1. The molecule has 2 aromatic heterocycles. The first kappa shape index (κ1) is 37.4. The lowest BCUT2D eigenvalue weighted by Gasteiger charge is -2.32. The number of carbonyl (C=O) groups is 2. The SMILES string of the molecule is CCNCCNCc1ccc(Nc2nc3ccc(Oc4ccnc(NC(=O)C5CCN(C(=O)OC(C)(C)C)CC5)c4)cc3n2C)cc1C(F)(F)F. The molecule has 12 nitrogen and oxygen atoms in total. The topological polar surface area (TPSA) is 135 Å². The number of benzene rings is 2. The van der Waals surface area contributed by atoms with Crippen LogP contribution in [0.1, 0.15) is 51.7 Å². The van der Waals surface area contributed by atoms with Gasteiger partial charge in [-0.05, 0) is 76.1 Å². The number of piperidine rings is 1. The predicted molar refractivity (Wildman–Crippen MR) is 189 cm³/mol. The molecule has 0 radical (unpaired) electrons. The second kappa shape index (κ2) is 16.0. The van der Waals surface area contributed by atoms with E-state index in [9.17, 15) is 22.8 Å². The van der Waals surface area contributed by atoms with Crippen molar-refractivity contribution in [1.82, 2.24) is 30.1 Å². The van der Waals surface area contributed by atoms with Crippen molar-refractivity contribution in [3.05, 3.63) is 65.9 Å². The highest BCUT2D eigenvalue weighted by molar-refractivity contribution is 5.92. The van der Waals surface area contributed by atoms with E-state index in [4.69, 9.17) is 9.47 Å². The standard InChI is InChI=1S/C36H45F3N8O4/c1-6-40-15-16-41-22-24-7-8-25(19-28(24)36(37,38)39)43-33-44-29-10-9-26(20-30(29)46(33)5)50-27-11-14-42-31(21-27)45-32(48)23-12-17-47(18-13-23)34(49)51-35(2,3)4/h7-11,14,19-21,23,40-41H,6,12-13,15-18,22H2,1-5H3,(H,43,44)(H,42,45,48). The zero-order valence-corrected chi connectivity index (χ0v) is 29.5. The number of halogens is 3. The van der Waals surface area contributed by atoms with Gasteiger partial charge in [0.25, 0.3) is 0 Å². The number of carbonyl (C=O) groups excluding carboxylic acids is 2. The van der Waals surface area contributed by atoms with Crippen LogP contribution < -0.4 is 26.0 Å². The van der Waals surface area contributed by atoms with Crippen LogP contribution in [0, 0.1) is 5.92 Å². The van der Waals surface area contributed by atoms with Crippen LogP contribution in [-0.2, 0) is 29.3 Å². The van der Waals surface area contributed by atoms with Crippen LogP contribution in [0.15, 0.2) is 54.7 Å². The number of ether oxygens (including phenoxy) is 2. The van der Waals surface area contributed by atoms with E-state index in [0.717, 1.165) is 12.6 Å². The Kier molecular flexibility index (Phi) is 11.7. The molecule has 0 bridgehead atoms. The number of likely N-dealkylation sites (N-methyl/N-ethyl adjacent to an activating group) is 1. The van der Waals surface area contributed by atoms with Gasteiger partial charge in [-0.3, -0.25) is 4.79 Å². The van der Waals surface area contributed by atoms with Crippen LogP contribution in [-0.4, -0.2) is 69.8 Å². The molecule has 0 unspecified atom stereocenters. The summed E-state index contributed by atoms with van der Waals surface area (Å²) in [6.45, 7) is 10.4. The minimum absolute atomic E-state index is 0.0949. The van der Waals surface area contributed by atoms with Crippen LogP contribution in [0.2, 0.25) is 0 Å². The molecule has 15 heteroatoms. The van der Waals surface area contributed by atoms with Gasteiger partial charge in [-0.2, -0.15) is 13.2 Å². The summed E-state index contributed by atoms with van der Waals surface area (Å²) in [6.07, 6.45) is -2.36. The normalized spacial score (nSPS) is 14.1. The van der Waals surface area contributed by atoms with Crippen molar-refractivity contribution in [1.29, 1.82) is 0 Å². The number of nitrogens with one attached hydrogen (secondary N) is 4. The maximum absolute atomic E-state index is 14.0. The van der Waals surface area contributed by atoms with Gasteiger partial charge in [-0.15, -0.1) is 0 Å². The second-order valence-electron chi connectivity index (χ2n) is 13.4. The zero-order chi connectivity index (χ0) is 36.8. The number of anilines is 3. The first-order chi connectivity index (χ1) is 24.2. The number of aromatic nitrogens is 3. The predicted octanol–water partition coefficient (Wildman–Crippen LogP) is 6.81. The van der Waals surface area contributed by atoms with E-state index in [-0.39, 0.29) is 35.7 Å². The molecule has 274 valence electrons. The van der Waals surface area contributed by atoms with Crippen molar-refractivity contribution in [3.8, 4) is 11.5 Å². The third-order valence-electron chi connectivity index (χ3n) is 8.30. The summed E-state index contributed by atoms with van der Waals surface area (Å²) in [5.74, 6) is 1.15. The fourth-order valence-corrected chi connectivity index (χ4v) is 5.68. The highest BCUT2D eigenvalue weighted by Crippen LogP contribution is 2.35. The molecule has 5 rings (SSSR count). The van der Waals surface area contributed by atoms with Gasteiger partial charge >= 0.3 is 12.3 Å². The fourth-order valence-electron chi connectivity index (χ4n) is 5.68. The fraction of sp³-hybridized carbons (Fsp3) is 0.444. The van der Waals surface area contributed by atoms with Gasteiger partial charge in [-0.1, -0.05) is 13.0 Å². The Morgan fingerprint density at radius 2 is 1.69 bits per heavy atom. The summed E-state index contributed by atoms with van der Waals surface area (Å²) in [5, 5.41) is 12.1. The number of pyridine rings is 1. The first-order valence-electron chi connectivity index (χ1n) is 17.0. The number of nitrogens with zero attached hydrogens (tertiary/aromatic N) is 4. The van der Waals surface area contributed by atoms with E-state index in [1.807, 2.05) is 27.7 Å². The number of alkyl halides is 3. The molecule has 0 aliphatic carbocycles. The van der Waals surface area contributed by atoms with E-state index in [2.05, 4.69) is 31.2 Å². The summed E-state index contributed by atoms with van der Waals surface area (Å²) >= 11 is 0. The largest absolute Gasteiger partial charge is 0.457 e. The number of amides is 2. The molecule has 0 saturated carbocycles. The molecule has 3 heterocycles. The minimum Gasteiger partial charge on any atom is -0.457 e. The number of imidazole rings is 1. The highest BCUT2D eigenvalue weighted by Gasteiger charge is 2.34. The average molecular weight is 711 g/mol.